The lowest BCUT2D eigenvalue weighted by atomic mass is 10.0. The van der Waals surface area contributed by atoms with Crippen molar-refractivity contribution in [3.05, 3.63) is 108 Å². The molecule has 0 fully saturated rings. The number of hydrogen-bond acceptors (Lipinski definition) is 2. The van der Waals surface area contributed by atoms with Crippen molar-refractivity contribution in [2.75, 3.05) is 7.11 Å². The van der Waals surface area contributed by atoms with Crippen molar-refractivity contribution in [1.29, 1.82) is 0 Å². The van der Waals surface area contributed by atoms with Crippen molar-refractivity contribution in [1.82, 2.24) is 9.55 Å². The molecule has 3 heteroatoms. The Bertz CT molecular complexity index is 1320. The Kier molecular flexibility index (Phi) is 5.01. The first kappa shape index (κ1) is 19.1. The Hall–Kier alpha value is -3.85. The van der Waals surface area contributed by atoms with Gasteiger partial charge < -0.3 is 9.30 Å². The third-order valence-electron chi connectivity index (χ3n) is 5.67. The molecule has 1 heterocycles. The number of ether oxygens (including phenoxy) is 1. The number of fused-ring (bicyclic) bond motifs is 1. The van der Waals surface area contributed by atoms with E-state index in [1.165, 1.54) is 22.3 Å². The van der Waals surface area contributed by atoms with Gasteiger partial charge in [-0.3, -0.25) is 0 Å². The molecule has 0 unspecified atom stereocenters. The molecule has 0 saturated carbocycles. The summed E-state index contributed by atoms with van der Waals surface area (Å²) in [5.74, 6) is 1.78. The van der Waals surface area contributed by atoms with E-state index in [4.69, 9.17) is 9.72 Å². The summed E-state index contributed by atoms with van der Waals surface area (Å²) in [4.78, 5) is 4.99. The predicted octanol–water partition coefficient (Wildman–Crippen LogP) is 6.74. The SMILES string of the molecule is COc1ccc2c(c1)nc(-c1ccc(-c3ccccc3)cc1)n2Cc1ccc(C)cc1. The highest BCUT2D eigenvalue weighted by molar-refractivity contribution is 5.82. The lowest BCUT2D eigenvalue weighted by Gasteiger charge is -2.11. The predicted molar refractivity (Wildman–Crippen MR) is 127 cm³/mol. The minimum Gasteiger partial charge on any atom is -0.497 e. The molecule has 152 valence electrons. The third-order valence-corrected chi connectivity index (χ3v) is 5.67. The zero-order valence-electron chi connectivity index (χ0n) is 17.7. The maximum atomic E-state index is 5.42. The molecule has 0 bridgehead atoms. The molecule has 31 heavy (non-hydrogen) atoms. The topological polar surface area (TPSA) is 27.1 Å². The summed E-state index contributed by atoms with van der Waals surface area (Å²) >= 11 is 0. The zero-order chi connectivity index (χ0) is 21.2. The van der Waals surface area contributed by atoms with Gasteiger partial charge in [0.25, 0.3) is 0 Å². The molecule has 0 radical (unpaired) electrons. The van der Waals surface area contributed by atoms with Crippen molar-refractivity contribution in [3.63, 3.8) is 0 Å². The minimum atomic E-state index is 0.763. The molecule has 5 aromatic rings. The number of methoxy groups -OCH3 is 1. The highest BCUT2D eigenvalue weighted by atomic mass is 16.5. The Labute approximate surface area is 182 Å². The fourth-order valence-corrected chi connectivity index (χ4v) is 3.94. The molecule has 0 aliphatic rings. The molecule has 0 aliphatic carbocycles. The Morgan fingerprint density at radius 1 is 0.742 bits per heavy atom. The van der Waals surface area contributed by atoms with Crippen LogP contribution in [0.2, 0.25) is 0 Å². The van der Waals surface area contributed by atoms with Crippen LogP contribution in [0.25, 0.3) is 33.5 Å². The van der Waals surface area contributed by atoms with Gasteiger partial charge in [-0.1, -0.05) is 84.4 Å². The van der Waals surface area contributed by atoms with Gasteiger partial charge in [0.05, 0.1) is 18.1 Å². The van der Waals surface area contributed by atoms with E-state index >= 15 is 0 Å². The van der Waals surface area contributed by atoms with Gasteiger partial charge in [-0.2, -0.15) is 0 Å². The number of nitrogens with zero attached hydrogens (tertiary/aromatic N) is 2. The van der Waals surface area contributed by atoms with Crippen LogP contribution in [0, 0.1) is 6.92 Å². The lowest BCUT2D eigenvalue weighted by Crippen LogP contribution is -2.02. The van der Waals surface area contributed by atoms with Crippen LogP contribution < -0.4 is 4.74 Å². The first-order chi connectivity index (χ1) is 15.2. The van der Waals surface area contributed by atoms with E-state index in [-0.39, 0.29) is 0 Å². The molecular weight excluding hydrogens is 380 g/mol. The summed E-state index contributed by atoms with van der Waals surface area (Å²) in [5, 5.41) is 0. The lowest BCUT2D eigenvalue weighted by molar-refractivity contribution is 0.415. The largest absolute Gasteiger partial charge is 0.497 e. The number of rotatable bonds is 5. The minimum absolute atomic E-state index is 0.763. The summed E-state index contributed by atoms with van der Waals surface area (Å²) in [6.07, 6.45) is 0. The van der Waals surface area contributed by atoms with Gasteiger partial charge in [0, 0.05) is 18.2 Å². The van der Waals surface area contributed by atoms with Gasteiger partial charge in [0.2, 0.25) is 0 Å². The quantitative estimate of drug-likeness (QED) is 0.324. The molecule has 0 spiro atoms. The maximum Gasteiger partial charge on any atom is 0.141 e. The molecule has 5 rings (SSSR count). The third kappa shape index (κ3) is 3.82. The number of benzene rings is 4. The molecule has 1 aromatic heterocycles. The Balaban J connectivity index is 1.60. The Morgan fingerprint density at radius 3 is 2.13 bits per heavy atom. The van der Waals surface area contributed by atoms with E-state index in [0.29, 0.717) is 0 Å². The highest BCUT2D eigenvalue weighted by Gasteiger charge is 2.14. The number of hydrogen-bond donors (Lipinski definition) is 0. The second kappa shape index (κ2) is 8.11. The first-order valence-corrected chi connectivity index (χ1v) is 10.5. The van der Waals surface area contributed by atoms with Crippen molar-refractivity contribution in [2.24, 2.45) is 0 Å². The van der Waals surface area contributed by atoms with Crippen molar-refractivity contribution >= 4 is 11.0 Å². The summed E-state index contributed by atoms with van der Waals surface area (Å²) in [7, 11) is 1.69. The number of imidazole rings is 1. The molecule has 0 amide bonds. The molecule has 0 saturated heterocycles. The number of aromatic nitrogens is 2. The molecule has 4 aromatic carbocycles. The van der Waals surface area contributed by atoms with Crippen LogP contribution >= 0.6 is 0 Å². The molecule has 3 nitrogen and oxygen atoms in total. The van der Waals surface area contributed by atoms with E-state index in [2.05, 4.69) is 90.4 Å². The van der Waals surface area contributed by atoms with Crippen LogP contribution in [0.5, 0.6) is 5.75 Å². The molecule has 0 aliphatic heterocycles. The van der Waals surface area contributed by atoms with Crippen LogP contribution in [0.15, 0.2) is 97.1 Å². The van der Waals surface area contributed by atoms with Gasteiger partial charge in [-0.15, -0.1) is 0 Å². The van der Waals surface area contributed by atoms with Crippen molar-refractivity contribution in [2.45, 2.75) is 13.5 Å². The van der Waals surface area contributed by atoms with Crippen molar-refractivity contribution in [3.8, 4) is 28.3 Å². The summed E-state index contributed by atoms with van der Waals surface area (Å²) < 4.78 is 7.71. The normalized spacial score (nSPS) is 11.0. The van der Waals surface area contributed by atoms with Gasteiger partial charge in [0.1, 0.15) is 11.6 Å². The van der Waals surface area contributed by atoms with E-state index < -0.39 is 0 Å². The average molecular weight is 405 g/mol. The van der Waals surface area contributed by atoms with Gasteiger partial charge >= 0.3 is 0 Å². The average Bonchev–Trinajstić information content (AvgIpc) is 3.18. The van der Waals surface area contributed by atoms with E-state index in [1.54, 1.807) is 7.11 Å². The maximum absolute atomic E-state index is 5.42. The van der Waals surface area contributed by atoms with Crippen LogP contribution in [0.1, 0.15) is 11.1 Å². The van der Waals surface area contributed by atoms with Crippen LogP contribution in [0.3, 0.4) is 0 Å². The number of aryl methyl sites for hydroxylation is 1. The standard InChI is InChI=1S/C28H24N2O/c1-20-8-10-21(11-9-20)19-30-27-17-16-25(31-2)18-26(27)29-28(30)24-14-12-23(13-15-24)22-6-4-3-5-7-22/h3-18H,19H2,1-2H3. The van der Waals surface area contributed by atoms with E-state index in [9.17, 15) is 0 Å². The van der Waals surface area contributed by atoms with Crippen LogP contribution in [-0.2, 0) is 6.54 Å². The summed E-state index contributed by atoms with van der Waals surface area (Å²) in [5.41, 5.74) is 8.07. The fraction of sp³-hybridized carbons (Fsp3) is 0.107. The first-order valence-electron chi connectivity index (χ1n) is 10.5. The van der Waals surface area contributed by atoms with Crippen LogP contribution in [0.4, 0.5) is 0 Å². The Morgan fingerprint density at radius 2 is 1.42 bits per heavy atom. The van der Waals surface area contributed by atoms with Crippen LogP contribution in [-0.4, -0.2) is 16.7 Å². The van der Waals surface area contributed by atoms with E-state index in [1.807, 2.05) is 18.2 Å². The van der Waals surface area contributed by atoms with Crippen molar-refractivity contribution < 1.29 is 4.74 Å². The molecular formula is C28H24N2O. The summed E-state index contributed by atoms with van der Waals surface area (Å²) in [6, 6.07) is 33.9. The van der Waals surface area contributed by atoms with Gasteiger partial charge in [-0.25, -0.2) is 4.98 Å². The van der Waals surface area contributed by atoms with E-state index in [0.717, 1.165) is 34.7 Å². The van der Waals surface area contributed by atoms with Gasteiger partial charge in [-0.05, 0) is 35.7 Å². The molecule has 0 N–H and O–H groups in total. The molecule has 0 atom stereocenters. The summed E-state index contributed by atoms with van der Waals surface area (Å²) in [6.45, 7) is 2.88. The smallest absolute Gasteiger partial charge is 0.141 e. The fourth-order valence-electron chi connectivity index (χ4n) is 3.94. The van der Waals surface area contributed by atoms with Gasteiger partial charge in [0.15, 0.2) is 0 Å². The highest BCUT2D eigenvalue weighted by Crippen LogP contribution is 2.30. The second-order valence-corrected chi connectivity index (χ2v) is 7.81. The second-order valence-electron chi connectivity index (χ2n) is 7.81. The zero-order valence-corrected chi connectivity index (χ0v) is 17.7. The monoisotopic (exact) mass is 404 g/mol.